The van der Waals surface area contributed by atoms with Crippen LogP contribution in [0, 0.1) is 13.8 Å². The third-order valence-corrected chi connectivity index (χ3v) is 5.59. The number of hydrogen-bond acceptors (Lipinski definition) is 2. The lowest BCUT2D eigenvalue weighted by atomic mass is 9.99. The Kier molecular flexibility index (Phi) is 4.16. The maximum Gasteiger partial charge on any atom is 0.135 e. The van der Waals surface area contributed by atoms with Crippen LogP contribution in [0.15, 0.2) is 48.5 Å². The Morgan fingerprint density at radius 2 is 1.14 bits per heavy atom. The number of aryl methyl sites for hydroxylation is 2. The molecule has 0 bridgehead atoms. The van der Waals surface area contributed by atoms with E-state index in [4.69, 9.17) is 0 Å². The van der Waals surface area contributed by atoms with Crippen LogP contribution in [0.3, 0.4) is 0 Å². The van der Waals surface area contributed by atoms with E-state index in [9.17, 15) is 4.79 Å². The number of carbonyl (C=O) groups excluding carboxylic acids is 1. The van der Waals surface area contributed by atoms with Crippen LogP contribution in [-0.4, -0.2) is 5.78 Å². The van der Waals surface area contributed by atoms with Crippen molar-refractivity contribution < 1.29 is 4.79 Å². The summed E-state index contributed by atoms with van der Waals surface area (Å²) in [7, 11) is 0. The molecule has 1 fully saturated rings. The molecule has 0 amide bonds. The Bertz CT molecular complexity index is 572. The topological polar surface area (TPSA) is 17.1 Å². The summed E-state index contributed by atoms with van der Waals surface area (Å²) in [5, 5.41) is 0.580. The smallest absolute Gasteiger partial charge is 0.135 e. The Balaban J connectivity index is 1.82. The summed E-state index contributed by atoms with van der Waals surface area (Å²) >= 11 is 1.93. The predicted octanol–water partition coefficient (Wildman–Crippen LogP) is 5.18. The first-order valence-electron chi connectivity index (χ1n) is 7.42. The van der Waals surface area contributed by atoms with Gasteiger partial charge >= 0.3 is 0 Å². The van der Waals surface area contributed by atoms with Crippen LogP contribution in [0.25, 0.3) is 0 Å². The maximum atomic E-state index is 12.2. The van der Waals surface area contributed by atoms with Gasteiger partial charge in [0.15, 0.2) is 0 Å². The standard InChI is InChI=1S/C19H20OS/c1-13-3-7-15(8-4-13)18-11-17(20)12-19(21-18)16-9-5-14(2)6-10-16/h3-10,18-19H,11-12H2,1-2H3/t18-,19-/m0/s1. The minimum atomic E-state index is 0.290. The van der Waals surface area contributed by atoms with Gasteiger partial charge in [0.05, 0.1) is 0 Å². The molecule has 1 saturated heterocycles. The number of carbonyl (C=O) groups is 1. The molecule has 0 N–H and O–H groups in total. The lowest BCUT2D eigenvalue weighted by molar-refractivity contribution is -0.119. The Labute approximate surface area is 130 Å². The molecular formula is C19H20OS. The normalized spacial score (nSPS) is 22.3. The van der Waals surface area contributed by atoms with E-state index in [-0.39, 0.29) is 10.5 Å². The van der Waals surface area contributed by atoms with Gasteiger partial charge in [-0.15, -0.1) is 11.8 Å². The van der Waals surface area contributed by atoms with Crippen LogP contribution in [0.5, 0.6) is 0 Å². The molecule has 0 spiro atoms. The van der Waals surface area contributed by atoms with Gasteiger partial charge in [0.25, 0.3) is 0 Å². The average Bonchev–Trinajstić information content (AvgIpc) is 2.48. The summed E-state index contributed by atoms with van der Waals surface area (Å²) in [5.74, 6) is 0.380. The average molecular weight is 296 g/mol. The van der Waals surface area contributed by atoms with Crippen molar-refractivity contribution >= 4 is 17.5 Å². The van der Waals surface area contributed by atoms with Crippen molar-refractivity contribution in [3.8, 4) is 0 Å². The monoisotopic (exact) mass is 296 g/mol. The van der Waals surface area contributed by atoms with Crippen LogP contribution in [0.2, 0.25) is 0 Å². The first-order chi connectivity index (χ1) is 10.1. The second-order valence-electron chi connectivity index (χ2n) is 5.88. The zero-order valence-electron chi connectivity index (χ0n) is 12.5. The highest BCUT2D eigenvalue weighted by molar-refractivity contribution is 7.99. The van der Waals surface area contributed by atoms with Crippen LogP contribution < -0.4 is 0 Å². The van der Waals surface area contributed by atoms with Crippen molar-refractivity contribution in [3.63, 3.8) is 0 Å². The van der Waals surface area contributed by atoms with Crippen molar-refractivity contribution in [1.82, 2.24) is 0 Å². The highest BCUT2D eigenvalue weighted by atomic mass is 32.2. The molecule has 2 heteroatoms. The zero-order valence-corrected chi connectivity index (χ0v) is 13.3. The van der Waals surface area contributed by atoms with E-state index in [0.29, 0.717) is 18.6 Å². The molecule has 1 nitrogen and oxygen atoms in total. The van der Waals surface area contributed by atoms with E-state index in [1.54, 1.807) is 0 Å². The molecule has 1 heterocycles. The molecule has 0 radical (unpaired) electrons. The number of thioether (sulfide) groups is 1. The highest BCUT2D eigenvalue weighted by Gasteiger charge is 2.29. The largest absolute Gasteiger partial charge is 0.300 e. The van der Waals surface area contributed by atoms with Gasteiger partial charge in [0.2, 0.25) is 0 Å². The quantitative estimate of drug-likeness (QED) is 0.759. The third-order valence-electron chi connectivity index (χ3n) is 4.05. The molecule has 0 aromatic heterocycles. The summed E-state index contributed by atoms with van der Waals surface area (Å²) in [6.07, 6.45) is 1.33. The minimum absolute atomic E-state index is 0.290. The maximum absolute atomic E-state index is 12.2. The number of ketones is 1. The fraction of sp³-hybridized carbons (Fsp3) is 0.316. The van der Waals surface area contributed by atoms with Crippen molar-refractivity contribution in [1.29, 1.82) is 0 Å². The van der Waals surface area contributed by atoms with E-state index in [0.717, 1.165) is 0 Å². The van der Waals surface area contributed by atoms with Gasteiger partial charge in [-0.3, -0.25) is 4.79 Å². The number of Topliss-reactive ketones (excluding diaryl/α,β-unsaturated/α-hetero) is 1. The molecule has 1 aliphatic heterocycles. The Morgan fingerprint density at radius 3 is 1.52 bits per heavy atom. The lowest BCUT2D eigenvalue weighted by Gasteiger charge is -2.28. The first kappa shape index (κ1) is 14.4. The van der Waals surface area contributed by atoms with E-state index in [1.165, 1.54) is 22.3 Å². The summed E-state index contributed by atoms with van der Waals surface area (Å²) in [6, 6.07) is 17.2. The number of hydrogen-bond donors (Lipinski definition) is 0. The molecule has 2 aromatic rings. The summed E-state index contributed by atoms with van der Waals surface area (Å²) in [4.78, 5) is 12.2. The van der Waals surface area contributed by atoms with Gasteiger partial charge in [-0.2, -0.15) is 0 Å². The van der Waals surface area contributed by atoms with Gasteiger partial charge in [-0.05, 0) is 25.0 Å². The van der Waals surface area contributed by atoms with Crippen molar-refractivity contribution in [2.24, 2.45) is 0 Å². The van der Waals surface area contributed by atoms with Crippen LogP contribution in [-0.2, 0) is 4.79 Å². The van der Waals surface area contributed by atoms with E-state index < -0.39 is 0 Å². The van der Waals surface area contributed by atoms with Crippen molar-refractivity contribution in [2.75, 3.05) is 0 Å². The molecule has 21 heavy (non-hydrogen) atoms. The molecule has 2 atom stereocenters. The Morgan fingerprint density at radius 1 is 0.762 bits per heavy atom. The fourth-order valence-corrected chi connectivity index (χ4v) is 4.34. The van der Waals surface area contributed by atoms with Gasteiger partial charge in [0.1, 0.15) is 5.78 Å². The van der Waals surface area contributed by atoms with Crippen LogP contribution in [0.4, 0.5) is 0 Å². The molecule has 1 aliphatic rings. The molecule has 0 unspecified atom stereocenters. The first-order valence-corrected chi connectivity index (χ1v) is 8.36. The zero-order chi connectivity index (χ0) is 14.8. The number of rotatable bonds is 2. The molecule has 3 rings (SSSR count). The minimum Gasteiger partial charge on any atom is -0.300 e. The van der Waals surface area contributed by atoms with Gasteiger partial charge < -0.3 is 0 Å². The molecule has 0 aliphatic carbocycles. The third kappa shape index (κ3) is 3.38. The van der Waals surface area contributed by atoms with Gasteiger partial charge in [-0.1, -0.05) is 59.7 Å². The molecular weight excluding hydrogens is 276 g/mol. The van der Waals surface area contributed by atoms with Gasteiger partial charge in [-0.25, -0.2) is 0 Å². The fourth-order valence-electron chi connectivity index (χ4n) is 2.75. The Hall–Kier alpha value is -1.54. The van der Waals surface area contributed by atoms with E-state index in [2.05, 4.69) is 62.4 Å². The van der Waals surface area contributed by atoms with Crippen LogP contribution >= 0.6 is 11.8 Å². The van der Waals surface area contributed by atoms with E-state index >= 15 is 0 Å². The summed E-state index contributed by atoms with van der Waals surface area (Å²) < 4.78 is 0. The SMILES string of the molecule is Cc1ccc([C@@H]2CC(=O)C[C@@H](c3ccc(C)cc3)S2)cc1. The van der Waals surface area contributed by atoms with Crippen molar-refractivity contribution in [2.45, 2.75) is 37.2 Å². The van der Waals surface area contributed by atoms with Crippen molar-refractivity contribution in [3.05, 3.63) is 70.8 Å². The number of benzene rings is 2. The molecule has 2 aromatic carbocycles. The summed E-state index contributed by atoms with van der Waals surface area (Å²) in [6.45, 7) is 4.19. The van der Waals surface area contributed by atoms with Crippen LogP contribution in [0.1, 0.15) is 45.6 Å². The van der Waals surface area contributed by atoms with Gasteiger partial charge in [0, 0.05) is 23.3 Å². The molecule has 0 saturated carbocycles. The lowest BCUT2D eigenvalue weighted by Crippen LogP contribution is -2.15. The molecule has 108 valence electrons. The second-order valence-corrected chi connectivity index (χ2v) is 7.29. The predicted molar refractivity (Wildman–Crippen MR) is 89.7 cm³/mol. The highest BCUT2D eigenvalue weighted by Crippen LogP contribution is 2.48. The second kappa shape index (κ2) is 6.07. The summed E-state index contributed by atoms with van der Waals surface area (Å²) in [5.41, 5.74) is 5.08. The van der Waals surface area contributed by atoms with E-state index in [1.807, 2.05) is 11.8 Å².